The maximum Gasteiger partial charge on any atom is 0.226 e. The van der Waals surface area contributed by atoms with Gasteiger partial charge in [-0.2, -0.15) is 0 Å². The van der Waals surface area contributed by atoms with Crippen molar-refractivity contribution in [3.05, 3.63) is 59.7 Å². The second kappa shape index (κ2) is 6.34. The van der Waals surface area contributed by atoms with Gasteiger partial charge in [-0.05, 0) is 18.2 Å². The van der Waals surface area contributed by atoms with Crippen molar-refractivity contribution in [3.63, 3.8) is 0 Å². The molecule has 2 aromatic carbocycles. The van der Waals surface area contributed by atoms with Gasteiger partial charge in [-0.3, -0.25) is 4.79 Å². The number of hydrogen-bond donors (Lipinski definition) is 2. The fourth-order valence-electron chi connectivity index (χ4n) is 2.69. The molecule has 0 spiro atoms. The number of hydrogen-bond acceptors (Lipinski definition) is 3. The molecule has 1 atom stereocenters. The molecule has 2 N–H and O–H groups in total. The highest BCUT2D eigenvalue weighted by molar-refractivity contribution is 5.96. The lowest BCUT2D eigenvalue weighted by Gasteiger charge is -2.27. The molecule has 0 aliphatic carbocycles. The highest BCUT2D eigenvalue weighted by Crippen LogP contribution is 2.30. The summed E-state index contributed by atoms with van der Waals surface area (Å²) in [7, 11) is 0. The lowest BCUT2D eigenvalue weighted by atomic mass is 10.1. The Morgan fingerprint density at radius 3 is 2.78 bits per heavy atom. The van der Waals surface area contributed by atoms with Crippen molar-refractivity contribution in [1.82, 2.24) is 0 Å². The first kappa shape index (κ1) is 15.4. The van der Waals surface area contributed by atoms with E-state index in [-0.39, 0.29) is 24.4 Å². The Kier molecular flexibility index (Phi) is 4.25. The van der Waals surface area contributed by atoms with Crippen molar-refractivity contribution >= 4 is 17.3 Å². The zero-order valence-electron chi connectivity index (χ0n) is 12.3. The van der Waals surface area contributed by atoms with Gasteiger partial charge in [-0.1, -0.05) is 18.2 Å². The van der Waals surface area contributed by atoms with Crippen molar-refractivity contribution in [2.45, 2.75) is 12.5 Å². The van der Waals surface area contributed by atoms with E-state index in [1.165, 1.54) is 6.07 Å². The molecule has 1 aliphatic heterocycles. The number of halogens is 2. The molecule has 120 valence electrons. The topological polar surface area (TPSA) is 52.6 Å². The van der Waals surface area contributed by atoms with Gasteiger partial charge in [-0.25, -0.2) is 8.78 Å². The SMILES string of the molecule is O=C1CCN(CC(O)c2ccc(F)cc2F)c2ccccc2N1. The Morgan fingerprint density at radius 1 is 1.22 bits per heavy atom. The Bertz CT molecular complexity index is 736. The molecule has 3 rings (SSSR count). The van der Waals surface area contributed by atoms with Crippen molar-refractivity contribution in [2.24, 2.45) is 0 Å². The van der Waals surface area contributed by atoms with E-state index in [1.54, 1.807) is 12.1 Å². The maximum atomic E-state index is 13.8. The minimum Gasteiger partial charge on any atom is -0.386 e. The minimum atomic E-state index is -1.13. The van der Waals surface area contributed by atoms with Crippen LogP contribution in [0.1, 0.15) is 18.1 Å². The summed E-state index contributed by atoms with van der Waals surface area (Å²) in [5, 5.41) is 13.1. The van der Waals surface area contributed by atoms with Crippen LogP contribution in [-0.2, 0) is 4.79 Å². The van der Waals surface area contributed by atoms with Gasteiger partial charge < -0.3 is 15.3 Å². The van der Waals surface area contributed by atoms with Crippen LogP contribution in [0.4, 0.5) is 20.2 Å². The zero-order valence-corrected chi connectivity index (χ0v) is 12.3. The number of amides is 1. The van der Waals surface area contributed by atoms with Crippen molar-refractivity contribution in [1.29, 1.82) is 0 Å². The molecule has 1 amide bonds. The monoisotopic (exact) mass is 318 g/mol. The lowest BCUT2D eigenvalue weighted by molar-refractivity contribution is -0.116. The number of aliphatic hydroxyl groups excluding tert-OH is 1. The molecule has 4 nitrogen and oxygen atoms in total. The van der Waals surface area contributed by atoms with Gasteiger partial charge in [0, 0.05) is 31.1 Å². The van der Waals surface area contributed by atoms with Crippen LogP contribution in [0, 0.1) is 11.6 Å². The van der Waals surface area contributed by atoms with Crippen LogP contribution < -0.4 is 10.2 Å². The molecule has 0 aromatic heterocycles. The fourth-order valence-corrected chi connectivity index (χ4v) is 2.69. The molecule has 1 heterocycles. The predicted octanol–water partition coefficient (Wildman–Crippen LogP) is 2.85. The number of para-hydroxylation sites is 2. The number of anilines is 2. The molecule has 0 saturated carbocycles. The second-order valence-electron chi connectivity index (χ2n) is 5.44. The van der Waals surface area contributed by atoms with Crippen molar-refractivity contribution in [2.75, 3.05) is 23.3 Å². The fraction of sp³-hybridized carbons (Fsp3) is 0.235. The summed E-state index contributed by atoms with van der Waals surface area (Å²) < 4.78 is 26.8. The zero-order chi connectivity index (χ0) is 16.4. The van der Waals surface area contributed by atoms with Gasteiger partial charge in [0.1, 0.15) is 11.6 Å². The molecule has 1 unspecified atom stereocenters. The molecule has 0 saturated heterocycles. The van der Waals surface area contributed by atoms with E-state index in [2.05, 4.69) is 5.32 Å². The number of fused-ring (bicyclic) bond motifs is 1. The summed E-state index contributed by atoms with van der Waals surface area (Å²) in [6.45, 7) is 0.511. The third kappa shape index (κ3) is 3.32. The number of benzene rings is 2. The minimum absolute atomic E-state index is 0.0346. The van der Waals surface area contributed by atoms with E-state index in [0.717, 1.165) is 17.8 Å². The molecular weight excluding hydrogens is 302 g/mol. The molecule has 0 fully saturated rings. The number of nitrogens with zero attached hydrogens (tertiary/aromatic N) is 1. The third-order valence-electron chi connectivity index (χ3n) is 3.84. The smallest absolute Gasteiger partial charge is 0.226 e. The number of β-amino-alcohol motifs (C(OH)–C–C–N with tert-alkyl or cyclic N) is 1. The first-order valence-electron chi connectivity index (χ1n) is 7.31. The summed E-state index contributed by atoms with van der Waals surface area (Å²) in [5.74, 6) is -1.58. The van der Waals surface area contributed by atoms with Crippen LogP contribution in [0.15, 0.2) is 42.5 Å². The number of carbonyl (C=O) groups is 1. The van der Waals surface area contributed by atoms with E-state index in [4.69, 9.17) is 0 Å². The van der Waals surface area contributed by atoms with E-state index in [9.17, 15) is 18.7 Å². The third-order valence-corrected chi connectivity index (χ3v) is 3.84. The van der Waals surface area contributed by atoms with Gasteiger partial charge in [0.05, 0.1) is 17.5 Å². The van der Waals surface area contributed by atoms with E-state index < -0.39 is 17.7 Å². The summed E-state index contributed by atoms with van der Waals surface area (Å²) in [6, 6.07) is 10.3. The van der Waals surface area contributed by atoms with Crippen LogP contribution in [0.2, 0.25) is 0 Å². The predicted molar refractivity (Wildman–Crippen MR) is 83.2 cm³/mol. The summed E-state index contributed by atoms with van der Waals surface area (Å²) in [5.41, 5.74) is 1.45. The van der Waals surface area contributed by atoms with Crippen molar-refractivity contribution in [3.8, 4) is 0 Å². The Balaban J connectivity index is 1.85. The first-order valence-corrected chi connectivity index (χ1v) is 7.31. The van der Waals surface area contributed by atoms with E-state index in [1.807, 2.05) is 17.0 Å². The van der Waals surface area contributed by atoms with Crippen molar-refractivity contribution < 1.29 is 18.7 Å². The number of nitrogens with one attached hydrogen (secondary N) is 1. The largest absolute Gasteiger partial charge is 0.386 e. The molecule has 0 radical (unpaired) electrons. The highest BCUT2D eigenvalue weighted by atomic mass is 19.1. The van der Waals surface area contributed by atoms with Crippen LogP contribution >= 0.6 is 0 Å². The normalized spacial score (nSPS) is 15.6. The number of carbonyl (C=O) groups excluding carboxylic acids is 1. The Labute approximate surface area is 132 Å². The number of aliphatic hydroxyl groups is 1. The van der Waals surface area contributed by atoms with Gasteiger partial charge in [-0.15, -0.1) is 0 Å². The Morgan fingerprint density at radius 2 is 2.00 bits per heavy atom. The van der Waals surface area contributed by atoms with E-state index >= 15 is 0 Å². The van der Waals surface area contributed by atoms with Crippen LogP contribution in [0.3, 0.4) is 0 Å². The first-order chi connectivity index (χ1) is 11.0. The molecule has 1 aliphatic rings. The molecule has 0 bridgehead atoms. The van der Waals surface area contributed by atoms with Crippen LogP contribution in [0.5, 0.6) is 0 Å². The van der Waals surface area contributed by atoms with Gasteiger partial charge in [0.2, 0.25) is 5.91 Å². The highest BCUT2D eigenvalue weighted by Gasteiger charge is 2.22. The summed E-state index contributed by atoms with van der Waals surface area (Å²) in [6.07, 6.45) is -0.857. The molecule has 23 heavy (non-hydrogen) atoms. The van der Waals surface area contributed by atoms with Gasteiger partial charge in [0.15, 0.2) is 0 Å². The van der Waals surface area contributed by atoms with Gasteiger partial charge in [0.25, 0.3) is 0 Å². The summed E-state index contributed by atoms with van der Waals surface area (Å²) >= 11 is 0. The lowest BCUT2D eigenvalue weighted by Crippen LogP contribution is -2.30. The summed E-state index contributed by atoms with van der Waals surface area (Å²) in [4.78, 5) is 13.6. The number of rotatable bonds is 3. The average Bonchev–Trinajstić information content (AvgIpc) is 2.66. The molecular formula is C17H16F2N2O2. The van der Waals surface area contributed by atoms with Gasteiger partial charge >= 0.3 is 0 Å². The molecule has 6 heteroatoms. The average molecular weight is 318 g/mol. The Hall–Kier alpha value is -2.47. The maximum absolute atomic E-state index is 13.8. The van der Waals surface area contributed by atoms with Crippen LogP contribution in [0.25, 0.3) is 0 Å². The van der Waals surface area contributed by atoms with E-state index in [0.29, 0.717) is 12.2 Å². The second-order valence-corrected chi connectivity index (χ2v) is 5.44. The quantitative estimate of drug-likeness (QED) is 0.915. The molecule has 2 aromatic rings. The standard InChI is InChI=1S/C17H16F2N2O2/c18-11-5-6-12(13(19)9-11)16(22)10-21-8-7-17(23)20-14-3-1-2-4-15(14)21/h1-6,9,16,22H,7-8,10H2,(H,20,23). The van der Waals surface area contributed by atoms with Crippen LogP contribution in [-0.4, -0.2) is 24.1 Å².